The maximum atomic E-state index is 14.9. The number of aromatic nitrogens is 1. The van der Waals surface area contributed by atoms with Crippen LogP contribution in [0.1, 0.15) is 15.9 Å². The monoisotopic (exact) mass is 522 g/mol. The number of carbonyl (C=O) groups excluding carboxylic acids is 1. The number of nitrogens with zero attached hydrogens (tertiary/aromatic N) is 3. The number of para-hydroxylation sites is 1. The number of carbonyl (C=O) groups is 1. The van der Waals surface area contributed by atoms with E-state index in [-0.39, 0.29) is 17.2 Å². The van der Waals surface area contributed by atoms with Crippen molar-refractivity contribution in [3.8, 4) is 0 Å². The summed E-state index contributed by atoms with van der Waals surface area (Å²) in [6, 6.07) is 21.0. The standard InChI is InChI=1S/C27H24ClFN4O2S/c28-22-7-1-4-19(16-22)18-32-12-14-33(15-13-32)27(34)21-9-10-24(23(29)17-21)31-36(35)25-8-2-5-20-6-3-11-30-26(20)25/h1-11,16-17,31H,12-15,18H2. The van der Waals surface area contributed by atoms with E-state index in [1.807, 2.05) is 36.4 Å². The number of hydrogen-bond acceptors (Lipinski definition) is 4. The van der Waals surface area contributed by atoms with Crippen LogP contribution in [0.3, 0.4) is 0 Å². The van der Waals surface area contributed by atoms with Crippen LogP contribution in [-0.4, -0.2) is 51.1 Å². The number of hydrogen-bond donors (Lipinski definition) is 1. The van der Waals surface area contributed by atoms with Crippen LogP contribution in [0.15, 0.2) is 83.9 Å². The molecule has 1 N–H and O–H groups in total. The predicted molar refractivity (Wildman–Crippen MR) is 141 cm³/mol. The minimum Gasteiger partial charge on any atom is -0.336 e. The fraction of sp³-hybridized carbons (Fsp3) is 0.185. The first-order valence-corrected chi connectivity index (χ1v) is 13.1. The van der Waals surface area contributed by atoms with Gasteiger partial charge in [0.15, 0.2) is 11.0 Å². The predicted octanol–water partition coefficient (Wildman–Crippen LogP) is 5.12. The summed E-state index contributed by atoms with van der Waals surface area (Å²) in [5, 5.41) is 1.55. The summed E-state index contributed by atoms with van der Waals surface area (Å²) in [4.78, 5) is 21.8. The van der Waals surface area contributed by atoms with Gasteiger partial charge >= 0.3 is 0 Å². The van der Waals surface area contributed by atoms with Crippen molar-refractivity contribution >= 4 is 45.1 Å². The van der Waals surface area contributed by atoms with Gasteiger partial charge in [0.2, 0.25) is 0 Å². The van der Waals surface area contributed by atoms with Gasteiger partial charge in [0, 0.05) is 54.9 Å². The third-order valence-corrected chi connectivity index (χ3v) is 7.54. The van der Waals surface area contributed by atoms with E-state index >= 15 is 0 Å². The van der Waals surface area contributed by atoms with Crippen LogP contribution in [0.2, 0.25) is 5.02 Å². The molecule has 1 saturated heterocycles. The van der Waals surface area contributed by atoms with Crippen molar-refractivity contribution in [2.45, 2.75) is 11.4 Å². The van der Waals surface area contributed by atoms with Crippen molar-refractivity contribution in [1.29, 1.82) is 0 Å². The summed E-state index contributed by atoms with van der Waals surface area (Å²) in [6.07, 6.45) is 1.63. The molecule has 184 valence electrons. The minimum absolute atomic E-state index is 0.0594. The lowest BCUT2D eigenvalue weighted by molar-refractivity contribution is 0.0628. The second-order valence-electron chi connectivity index (χ2n) is 8.59. The Hall–Kier alpha value is -3.33. The first-order chi connectivity index (χ1) is 17.5. The van der Waals surface area contributed by atoms with Crippen LogP contribution in [0.25, 0.3) is 10.9 Å². The van der Waals surface area contributed by atoms with Crippen molar-refractivity contribution in [1.82, 2.24) is 14.8 Å². The highest BCUT2D eigenvalue weighted by molar-refractivity contribution is 7.86. The van der Waals surface area contributed by atoms with Crippen LogP contribution in [0.5, 0.6) is 0 Å². The van der Waals surface area contributed by atoms with Gasteiger partial charge in [0.1, 0.15) is 5.82 Å². The first kappa shape index (κ1) is 24.4. The van der Waals surface area contributed by atoms with Crippen molar-refractivity contribution in [3.63, 3.8) is 0 Å². The third-order valence-electron chi connectivity index (χ3n) is 6.17. The molecule has 1 amide bonds. The van der Waals surface area contributed by atoms with Crippen molar-refractivity contribution in [3.05, 3.63) is 101 Å². The molecular weight excluding hydrogens is 499 g/mol. The Labute approximate surface area is 216 Å². The molecule has 0 spiro atoms. The Morgan fingerprint density at radius 1 is 1.00 bits per heavy atom. The third kappa shape index (κ3) is 5.41. The molecule has 0 aliphatic carbocycles. The van der Waals surface area contributed by atoms with Crippen LogP contribution in [0.4, 0.5) is 10.1 Å². The van der Waals surface area contributed by atoms with Gasteiger partial charge < -0.3 is 4.90 Å². The minimum atomic E-state index is -1.73. The Balaban J connectivity index is 1.22. The summed E-state index contributed by atoms with van der Waals surface area (Å²) in [5.74, 6) is -0.857. The number of halogens is 2. The van der Waals surface area contributed by atoms with Crippen LogP contribution in [-0.2, 0) is 17.5 Å². The highest BCUT2D eigenvalue weighted by atomic mass is 35.5. The molecule has 1 fully saturated rings. The maximum absolute atomic E-state index is 14.9. The van der Waals surface area contributed by atoms with E-state index < -0.39 is 16.8 Å². The number of pyridine rings is 1. The SMILES string of the molecule is O=C(c1ccc(NS(=O)c2cccc3cccnc23)c(F)c1)N1CCN(Cc2cccc(Cl)c2)CC1. The van der Waals surface area contributed by atoms with E-state index in [2.05, 4.69) is 14.6 Å². The molecule has 36 heavy (non-hydrogen) atoms. The summed E-state index contributed by atoms with van der Waals surface area (Å²) >= 11 is 6.07. The zero-order valence-corrected chi connectivity index (χ0v) is 20.9. The van der Waals surface area contributed by atoms with Gasteiger partial charge in [-0.3, -0.25) is 19.4 Å². The van der Waals surface area contributed by atoms with E-state index in [9.17, 15) is 13.4 Å². The number of benzene rings is 3. The first-order valence-electron chi connectivity index (χ1n) is 11.6. The molecule has 9 heteroatoms. The molecular formula is C27H24ClFN4O2S. The Morgan fingerprint density at radius 2 is 1.78 bits per heavy atom. The van der Waals surface area contributed by atoms with E-state index in [1.54, 1.807) is 35.4 Å². The number of amides is 1. The average Bonchev–Trinajstić information content (AvgIpc) is 2.89. The normalized spacial score (nSPS) is 15.1. The summed E-state index contributed by atoms with van der Waals surface area (Å²) in [7, 11) is -1.73. The van der Waals surface area contributed by atoms with Gasteiger partial charge in [0.05, 0.1) is 16.1 Å². The Morgan fingerprint density at radius 3 is 2.56 bits per heavy atom. The van der Waals surface area contributed by atoms with Crippen molar-refractivity contribution in [2.75, 3.05) is 30.9 Å². The van der Waals surface area contributed by atoms with Gasteiger partial charge in [-0.25, -0.2) is 8.60 Å². The summed E-state index contributed by atoms with van der Waals surface area (Å²) < 4.78 is 30.5. The highest BCUT2D eigenvalue weighted by Crippen LogP contribution is 2.23. The van der Waals surface area contributed by atoms with E-state index in [0.717, 1.165) is 30.6 Å². The van der Waals surface area contributed by atoms with Gasteiger partial charge in [-0.15, -0.1) is 0 Å². The zero-order chi connectivity index (χ0) is 25.1. The molecule has 1 aromatic heterocycles. The van der Waals surface area contributed by atoms with E-state index in [1.165, 1.54) is 12.1 Å². The Bertz CT molecular complexity index is 1440. The molecule has 0 radical (unpaired) electrons. The molecule has 3 aromatic carbocycles. The van der Waals surface area contributed by atoms with Gasteiger partial charge in [0.25, 0.3) is 5.91 Å². The quantitative estimate of drug-likeness (QED) is 0.382. The molecule has 0 saturated carbocycles. The lowest BCUT2D eigenvalue weighted by Crippen LogP contribution is -2.48. The molecule has 5 rings (SSSR count). The average molecular weight is 523 g/mol. The van der Waals surface area contributed by atoms with Gasteiger partial charge in [-0.1, -0.05) is 41.9 Å². The number of anilines is 1. The van der Waals surface area contributed by atoms with E-state index in [0.29, 0.717) is 28.5 Å². The maximum Gasteiger partial charge on any atom is 0.254 e. The number of piperazine rings is 1. The summed E-state index contributed by atoms with van der Waals surface area (Å²) in [5.41, 5.74) is 2.04. The second-order valence-corrected chi connectivity index (χ2v) is 10.2. The molecule has 4 aromatic rings. The molecule has 1 aliphatic rings. The molecule has 6 nitrogen and oxygen atoms in total. The van der Waals surface area contributed by atoms with Crippen LogP contribution >= 0.6 is 11.6 Å². The summed E-state index contributed by atoms with van der Waals surface area (Å²) in [6.45, 7) is 3.32. The molecule has 1 atom stereocenters. The van der Waals surface area contributed by atoms with E-state index in [4.69, 9.17) is 11.6 Å². The molecule has 2 heterocycles. The molecule has 1 unspecified atom stereocenters. The topological polar surface area (TPSA) is 65.5 Å². The van der Waals surface area contributed by atoms with Crippen molar-refractivity contribution < 1.29 is 13.4 Å². The Kier molecular flexibility index (Phi) is 7.27. The zero-order valence-electron chi connectivity index (χ0n) is 19.4. The van der Waals surface area contributed by atoms with Gasteiger partial charge in [-0.2, -0.15) is 0 Å². The fourth-order valence-corrected chi connectivity index (χ4v) is 5.53. The second kappa shape index (κ2) is 10.7. The van der Waals surface area contributed by atoms with Crippen LogP contribution < -0.4 is 4.72 Å². The number of rotatable bonds is 6. The lowest BCUT2D eigenvalue weighted by Gasteiger charge is -2.34. The number of nitrogens with one attached hydrogen (secondary N) is 1. The lowest BCUT2D eigenvalue weighted by atomic mass is 10.1. The van der Waals surface area contributed by atoms with Gasteiger partial charge in [-0.05, 0) is 48.0 Å². The highest BCUT2D eigenvalue weighted by Gasteiger charge is 2.23. The smallest absolute Gasteiger partial charge is 0.254 e. The largest absolute Gasteiger partial charge is 0.336 e. The van der Waals surface area contributed by atoms with Crippen LogP contribution in [0, 0.1) is 5.82 Å². The molecule has 0 bridgehead atoms. The van der Waals surface area contributed by atoms with Crippen molar-refractivity contribution in [2.24, 2.45) is 0 Å². The fourth-order valence-electron chi connectivity index (χ4n) is 4.30. The molecule has 1 aliphatic heterocycles. The number of fused-ring (bicyclic) bond motifs is 1.